The summed E-state index contributed by atoms with van der Waals surface area (Å²) in [5, 5.41) is 10.2. The van der Waals surface area contributed by atoms with Gasteiger partial charge >= 0.3 is 0 Å². The summed E-state index contributed by atoms with van der Waals surface area (Å²) in [6, 6.07) is 4.63. The molecule has 1 aromatic rings. The molecule has 1 aromatic carbocycles. The summed E-state index contributed by atoms with van der Waals surface area (Å²) >= 11 is 0. The molecule has 1 N–H and O–H groups in total. The number of piperidine rings is 1. The number of likely N-dealkylation sites (tertiary alicyclic amines) is 1. The quantitative estimate of drug-likeness (QED) is 0.786. The fourth-order valence-electron chi connectivity index (χ4n) is 5.71. The fourth-order valence-corrected chi connectivity index (χ4v) is 5.71. The maximum Gasteiger partial charge on any atom is 0.165 e. The molecule has 1 spiro atoms. The van der Waals surface area contributed by atoms with Crippen LogP contribution in [-0.2, 0) is 11.8 Å². The van der Waals surface area contributed by atoms with Gasteiger partial charge in [0.1, 0.15) is 6.10 Å². The average molecular weight is 271 g/mol. The van der Waals surface area contributed by atoms with Crippen molar-refractivity contribution >= 4 is 0 Å². The summed E-state index contributed by atoms with van der Waals surface area (Å²) in [4.78, 5) is 2.56. The van der Waals surface area contributed by atoms with Gasteiger partial charge in [-0.15, -0.1) is 0 Å². The van der Waals surface area contributed by atoms with Gasteiger partial charge in [-0.3, -0.25) is 0 Å². The first kappa shape index (κ1) is 11.4. The first-order valence-electron chi connectivity index (χ1n) is 7.94. The van der Waals surface area contributed by atoms with Crippen LogP contribution in [0.4, 0.5) is 0 Å². The molecule has 0 unspecified atom stereocenters. The number of phenolic OH excluding ortho intramolecular Hbond substituents is 1. The molecular weight excluding hydrogens is 250 g/mol. The lowest BCUT2D eigenvalue weighted by atomic mass is 9.52. The predicted molar refractivity (Wildman–Crippen MR) is 76.3 cm³/mol. The fraction of sp³-hybridized carbons (Fsp3) is 0.647. The van der Waals surface area contributed by atoms with E-state index < -0.39 is 0 Å². The highest BCUT2D eigenvalue weighted by Gasteiger charge is 2.62. The van der Waals surface area contributed by atoms with Gasteiger partial charge in [0, 0.05) is 17.0 Å². The van der Waals surface area contributed by atoms with Crippen molar-refractivity contribution < 1.29 is 9.84 Å². The maximum absolute atomic E-state index is 10.2. The number of ether oxygens (including phenoxy) is 1. The molecular formula is C17H21NO2. The standard InChI is InChI=1S/C17H21NO2/c1-18-8-7-17-11-3-2-4-14(17)20-16-13(19)6-5-10(15(16)17)9-12(11)18/h5-6,11-12,14,19H,2-4,7-9H2,1H3/t11-,12-,14+,17-/m1/s1. The molecule has 2 heterocycles. The van der Waals surface area contributed by atoms with Crippen LogP contribution in [0.2, 0.25) is 0 Å². The van der Waals surface area contributed by atoms with Crippen molar-refractivity contribution in [3.8, 4) is 11.5 Å². The van der Waals surface area contributed by atoms with Gasteiger partial charge in [-0.1, -0.05) is 6.07 Å². The lowest BCUT2D eigenvalue weighted by molar-refractivity contribution is -0.0426. The molecule has 2 fully saturated rings. The second-order valence-corrected chi connectivity index (χ2v) is 7.13. The van der Waals surface area contributed by atoms with E-state index in [1.807, 2.05) is 6.07 Å². The Labute approximate surface area is 119 Å². The summed E-state index contributed by atoms with van der Waals surface area (Å²) in [5.74, 6) is 1.89. The third-order valence-corrected chi connectivity index (χ3v) is 6.50. The zero-order valence-corrected chi connectivity index (χ0v) is 11.9. The number of benzene rings is 1. The first-order chi connectivity index (χ1) is 9.72. The zero-order valence-electron chi connectivity index (χ0n) is 11.9. The summed E-state index contributed by atoms with van der Waals surface area (Å²) in [6.45, 7) is 1.16. The third-order valence-electron chi connectivity index (χ3n) is 6.50. The predicted octanol–water partition coefficient (Wildman–Crippen LogP) is 2.45. The second kappa shape index (κ2) is 3.51. The molecule has 2 bridgehead atoms. The molecule has 1 saturated heterocycles. The third kappa shape index (κ3) is 1.09. The molecule has 3 nitrogen and oxygen atoms in total. The van der Waals surface area contributed by atoms with Crippen molar-refractivity contribution in [2.45, 2.75) is 49.7 Å². The van der Waals surface area contributed by atoms with Crippen LogP contribution in [0.1, 0.15) is 36.8 Å². The van der Waals surface area contributed by atoms with Gasteiger partial charge < -0.3 is 14.7 Å². The SMILES string of the molecule is CN1CC[C@]23c4c5ccc(O)c4O[C@H]2CCC[C@@H]3[C@H]1C5. The van der Waals surface area contributed by atoms with E-state index in [0.717, 1.165) is 31.1 Å². The zero-order chi connectivity index (χ0) is 13.5. The van der Waals surface area contributed by atoms with E-state index in [1.54, 1.807) is 0 Å². The van der Waals surface area contributed by atoms with Crippen molar-refractivity contribution in [1.29, 1.82) is 0 Å². The van der Waals surface area contributed by atoms with Crippen LogP contribution >= 0.6 is 0 Å². The van der Waals surface area contributed by atoms with Crippen LogP contribution in [0.5, 0.6) is 11.5 Å². The highest BCUT2D eigenvalue weighted by atomic mass is 16.5. The van der Waals surface area contributed by atoms with E-state index in [9.17, 15) is 5.11 Å². The van der Waals surface area contributed by atoms with Crippen molar-refractivity contribution in [3.05, 3.63) is 23.3 Å². The lowest BCUT2D eigenvalue weighted by Crippen LogP contribution is -2.63. The number of aromatic hydroxyl groups is 1. The lowest BCUT2D eigenvalue weighted by Gasteiger charge is -2.57. The largest absolute Gasteiger partial charge is 0.504 e. The van der Waals surface area contributed by atoms with E-state index in [-0.39, 0.29) is 5.41 Å². The number of hydrogen-bond acceptors (Lipinski definition) is 3. The van der Waals surface area contributed by atoms with Gasteiger partial charge in [0.2, 0.25) is 0 Å². The summed E-state index contributed by atoms with van der Waals surface area (Å²) in [7, 11) is 2.28. The van der Waals surface area contributed by atoms with Crippen LogP contribution in [-0.4, -0.2) is 35.7 Å². The molecule has 3 heteroatoms. The van der Waals surface area contributed by atoms with Crippen molar-refractivity contribution in [1.82, 2.24) is 4.90 Å². The van der Waals surface area contributed by atoms with Crippen LogP contribution < -0.4 is 4.74 Å². The molecule has 0 amide bonds. The van der Waals surface area contributed by atoms with Gasteiger partial charge in [-0.05, 0) is 63.2 Å². The highest BCUT2D eigenvalue weighted by molar-refractivity contribution is 5.60. The van der Waals surface area contributed by atoms with Crippen molar-refractivity contribution in [2.24, 2.45) is 5.92 Å². The van der Waals surface area contributed by atoms with Gasteiger partial charge in [-0.2, -0.15) is 0 Å². The van der Waals surface area contributed by atoms with E-state index in [2.05, 4.69) is 18.0 Å². The Kier molecular flexibility index (Phi) is 2.01. The summed E-state index contributed by atoms with van der Waals surface area (Å²) in [6.07, 6.45) is 6.37. The van der Waals surface area contributed by atoms with E-state index >= 15 is 0 Å². The number of hydrogen-bond donors (Lipinski definition) is 1. The highest BCUT2D eigenvalue weighted by Crippen LogP contribution is 2.63. The Balaban J connectivity index is 1.82. The van der Waals surface area contributed by atoms with Crippen molar-refractivity contribution in [3.63, 3.8) is 0 Å². The summed E-state index contributed by atoms with van der Waals surface area (Å²) < 4.78 is 6.28. The summed E-state index contributed by atoms with van der Waals surface area (Å²) in [5.41, 5.74) is 3.02. The average Bonchev–Trinajstić information content (AvgIpc) is 2.79. The van der Waals surface area contributed by atoms with Crippen molar-refractivity contribution in [2.75, 3.05) is 13.6 Å². The smallest absolute Gasteiger partial charge is 0.165 e. The normalized spacial score (nSPS) is 41.1. The Hall–Kier alpha value is -1.22. The second-order valence-electron chi connectivity index (χ2n) is 7.13. The molecule has 1 saturated carbocycles. The maximum atomic E-state index is 10.2. The molecule has 0 radical (unpaired) electrons. The van der Waals surface area contributed by atoms with Crippen LogP contribution in [0, 0.1) is 5.92 Å². The monoisotopic (exact) mass is 271 g/mol. The topological polar surface area (TPSA) is 32.7 Å². The first-order valence-corrected chi connectivity index (χ1v) is 7.94. The minimum Gasteiger partial charge on any atom is -0.504 e. The molecule has 2 aliphatic heterocycles. The molecule has 106 valence electrons. The Bertz CT molecular complexity index is 599. The van der Waals surface area contributed by atoms with Gasteiger partial charge in [0.15, 0.2) is 11.5 Å². The van der Waals surface area contributed by atoms with E-state index in [1.165, 1.54) is 30.4 Å². The number of nitrogens with zero attached hydrogens (tertiary/aromatic N) is 1. The Morgan fingerprint density at radius 1 is 1.35 bits per heavy atom. The minimum absolute atomic E-state index is 0.205. The number of likely N-dealkylation sites (N-methyl/N-ethyl adjacent to an activating group) is 1. The van der Waals surface area contributed by atoms with Gasteiger partial charge in [0.25, 0.3) is 0 Å². The molecule has 4 aliphatic rings. The molecule has 5 rings (SSSR count). The van der Waals surface area contributed by atoms with Gasteiger partial charge in [0.05, 0.1) is 0 Å². The van der Waals surface area contributed by atoms with Crippen LogP contribution in [0.25, 0.3) is 0 Å². The minimum atomic E-state index is 0.205. The van der Waals surface area contributed by atoms with Gasteiger partial charge in [-0.25, -0.2) is 0 Å². The Morgan fingerprint density at radius 3 is 3.15 bits per heavy atom. The van der Waals surface area contributed by atoms with Crippen LogP contribution in [0.15, 0.2) is 12.1 Å². The Morgan fingerprint density at radius 2 is 2.25 bits per heavy atom. The molecule has 20 heavy (non-hydrogen) atoms. The van der Waals surface area contributed by atoms with E-state index in [4.69, 9.17) is 4.74 Å². The number of rotatable bonds is 0. The van der Waals surface area contributed by atoms with E-state index in [0.29, 0.717) is 17.9 Å². The van der Waals surface area contributed by atoms with Crippen LogP contribution in [0.3, 0.4) is 0 Å². The number of phenols is 1. The molecule has 2 aliphatic carbocycles. The molecule has 4 atom stereocenters. The molecule has 0 aromatic heterocycles.